The molecule has 1 rings (SSSR count). The molecule has 0 radical (unpaired) electrons. The summed E-state index contributed by atoms with van der Waals surface area (Å²) >= 11 is 0. The number of carbonyl (C=O) groups is 3. The Hall–Kier alpha value is -2.37. The molecule has 0 aliphatic heterocycles. The van der Waals surface area contributed by atoms with Crippen molar-refractivity contribution in [3.8, 4) is 5.75 Å². The number of para-hydroxylation sites is 1. The van der Waals surface area contributed by atoms with Crippen LogP contribution in [0.25, 0.3) is 0 Å². The summed E-state index contributed by atoms with van der Waals surface area (Å²) < 4.78 is 5.10. The van der Waals surface area contributed by atoms with Crippen LogP contribution in [0.3, 0.4) is 0 Å². The van der Waals surface area contributed by atoms with Gasteiger partial charge in [0.15, 0.2) is 0 Å². The lowest BCUT2D eigenvalue weighted by Crippen LogP contribution is -2.34. The first-order valence-corrected chi connectivity index (χ1v) is 6.72. The Morgan fingerprint density at radius 2 is 1.71 bits per heavy atom. The van der Waals surface area contributed by atoms with Crippen molar-refractivity contribution in [2.75, 3.05) is 20.2 Å². The van der Waals surface area contributed by atoms with E-state index in [-0.39, 0.29) is 30.4 Å². The Morgan fingerprint density at radius 3 is 2.38 bits per heavy atom. The highest BCUT2D eigenvalue weighted by molar-refractivity contribution is 5.96. The van der Waals surface area contributed by atoms with Gasteiger partial charge >= 0.3 is 0 Å². The molecular weight excluding hydrogens is 272 g/mol. The predicted molar refractivity (Wildman–Crippen MR) is 78.3 cm³/mol. The molecule has 0 aliphatic carbocycles. The molecule has 0 saturated carbocycles. The van der Waals surface area contributed by atoms with Crippen LogP contribution >= 0.6 is 0 Å². The van der Waals surface area contributed by atoms with E-state index >= 15 is 0 Å². The lowest BCUT2D eigenvalue weighted by Gasteiger charge is -2.09. The zero-order valence-corrected chi connectivity index (χ0v) is 12.3. The third kappa shape index (κ3) is 6.07. The van der Waals surface area contributed by atoms with E-state index in [2.05, 4.69) is 10.6 Å². The largest absolute Gasteiger partial charge is 0.496 e. The van der Waals surface area contributed by atoms with E-state index in [4.69, 9.17) is 4.74 Å². The second-order valence-electron chi connectivity index (χ2n) is 4.51. The first-order chi connectivity index (χ1) is 10.0. The monoisotopic (exact) mass is 292 g/mol. The number of nitrogens with one attached hydrogen (secondary N) is 2. The minimum Gasteiger partial charge on any atom is -0.496 e. The van der Waals surface area contributed by atoms with Crippen LogP contribution in [0, 0.1) is 0 Å². The SMILES string of the molecule is COc1ccccc1C(=O)NCCNC(=O)CCC(C)=O. The van der Waals surface area contributed by atoms with Crippen molar-refractivity contribution < 1.29 is 19.1 Å². The third-order valence-electron chi connectivity index (χ3n) is 2.79. The normalized spacial score (nSPS) is 9.81. The number of ether oxygens (including phenoxy) is 1. The summed E-state index contributed by atoms with van der Waals surface area (Å²) in [5.74, 6) is 0.0253. The molecule has 0 saturated heterocycles. The maximum Gasteiger partial charge on any atom is 0.255 e. The Kier molecular flexibility index (Phi) is 6.94. The molecule has 0 aliphatic rings. The zero-order valence-electron chi connectivity index (χ0n) is 12.3. The van der Waals surface area contributed by atoms with Crippen LogP contribution in [0.4, 0.5) is 0 Å². The lowest BCUT2D eigenvalue weighted by atomic mass is 10.2. The van der Waals surface area contributed by atoms with Crippen LogP contribution in [0.2, 0.25) is 0 Å². The molecule has 0 atom stereocenters. The van der Waals surface area contributed by atoms with E-state index in [1.54, 1.807) is 24.3 Å². The lowest BCUT2D eigenvalue weighted by molar-refractivity contribution is -0.124. The predicted octanol–water partition coefficient (Wildman–Crippen LogP) is 0.910. The Balaban J connectivity index is 2.31. The topological polar surface area (TPSA) is 84.5 Å². The van der Waals surface area contributed by atoms with Crippen molar-refractivity contribution in [3.63, 3.8) is 0 Å². The number of methoxy groups -OCH3 is 1. The van der Waals surface area contributed by atoms with Gasteiger partial charge in [0.1, 0.15) is 11.5 Å². The van der Waals surface area contributed by atoms with Gasteiger partial charge in [0.2, 0.25) is 5.91 Å². The first-order valence-electron chi connectivity index (χ1n) is 6.72. The second-order valence-corrected chi connectivity index (χ2v) is 4.51. The Labute approximate surface area is 123 Å². The van der Waals surface area contributed by atoms with Crippen molar-refractivity contribution in [3.05, 3.63) is 29.8 Å². The number of ketones is 1. The highest BCUT2D eigenvalue weighted by Crippen LogP contribution is 2.16. The molecular formula is C15H20N2O4. The zero-order chi connectivity index (χ0) is 15.7. The summed E-state index contributed by atoms with van der Waals surface area (Å²) in [5.41, 5.74) is 0.447. The average molecular weight is 292 g/mol. The maximum atomic E-state index is 11.9. The molecule has 0 aromatic heterocycles. The van der Waals surface area contributed by atoms with Gasteiger partial charge < -0.3 is 20.2 Å². The Bertz CT molecular complexity index is 514. The molecule has 1 aromatic rings. The van der Waals surface area contributed by atoms with Crippen LogP contribution in [0.5, 0.6) is 5.75 Å². The molecule has 6 nitrogen and oxygen atoms in total. The number of hydrogen-bond acceptors (Lipinski definition) is 4. The molecule has 114 valence electrons. The minimum atomic E-state index is -0.259. The molecule has 0 unspecified atom stereocenters. The number of Topliss-reactive ketones (excluding diaryl/α,β-unsaturated/α-hetero) is 1. The Morgan fingerprint density at radius 1 is 1.05 bits per heavy atom. The quantitative estimate of drug-likeness (QED) is 0.698. The molecule has 0 bridgehead atoms. The fourth-order valence-corrected chi connectivity index (χ4v) is 1.68. The van der Waals surface area contributed by atoms with Gasteiger partial charge in [-0.05, 0) is 19.1 Å². The number of amides is 2. The molecule has 1 aromatic carbocycles. The summed E-state index contributed by atoms with van der Waals surface area (Å²) in [6, 6.07) is 6.91. The molecule has 21 heavy (non-hydrogen) atoms. The fourth-order valence-electron chi connectivity index (χ4n) is 1.68. The van der Waals surface area contributed by atoms with Gasteiger partial charge in [0.05, 0.1) is 12.7 Å². The van der Waals surface area contributed by atoms with Crippen LogP contribution in [0.1, 0.15) is 30.1 Å². The molecule has 0 spiro atoms. The average Bonchev–Trinajstić information content (AvgIpc) is 2.49. The van der Waals surface area contributed by atoms with Crippen LogP contribution in [-0.2, 0) is 9.59 Å². The highest BCUT2D eigenvalue weighted by atomic mass is 16.5. The van der Waals surface area contributed by atoms with Crippen molar-refractivity contribution in [1.29, 1.82) is 0 Å². The number of hydrogen-bond donors (Lipinski definition) is 2. The minimum absolute atomic E-state index is 0.0189. The van der Waals surface area contributed by atoms with Crippen molar-refractivity contribution in [2.45, 2.75) is 19.8 Å². The maximum absolute atomic E-state index is 11.9. The van der Waals surface area contributed by atoms with Gasteiger partial charge in [0, 0.05) is 25.9 Å². The van der Waals surface area contributed by atoms with E-state index in [1.807, 2.05) is 0 Å². The third-order valence-corrected chi connectivity index (χ3v) is 2.79. The van der Waals surface area contributed by atoms with Crippen LogP contribution in [-0.4, -0.2) is 37.8 Å². The van der Waals surface area contributed by atoms with Gasteiger partial charge in [-0.15, -0.1) is 0 Å². The fraction of sp³-hybridized carbons (Fsp3) is 0.400. The van der Waals surface area contributed by atoms with Crippen molar-refractivity contribution in [2.24, 2.45) is 0 Å². The second kappa shape index (κ2) is 8.73. The standard InChI is InChI=1S/C15H20N2O4/c1-11(18)7-8-14(19)16-9-10-17-15(20)12-5-3-4-6-13(12)21-2/h3-6H,7-10H2,1-2H3,(H,16,19)(H,17,20). The molecule has 6 heteroatoms. The summed E-state index contributed by atoms with van der Waals surface area (Å²) in [6.07, 6.45) is 0.412. The van der Waals surface area contributed by atoms with Gasteiger partial charge in [-0.3, -0.25) is 9.59 Å². The molecule has 0 fully saturated rings. The van der Waals surface area contributed by atoms with E-state index < -0.39 is 0 Å². The van der Waals surface area contributed by atoms with E-state index in [0.717, 1.165) is 0 Å². The van der Waals surface area contributed by atoms with E-state index in [0.29, 0.717) is 24.4 Å². The van der Waals surface area contributed by atoms with E-state index in [9.17, 15) is 14.4 Å². The van der Waals surface area contributed by atoms with Crippen LogP contribution < -0.4 is 15.4 Å². The number of rotatable bonds is 8. The molecule has 2 amide bonds. The number of carbonyl (C=O) groups excluding carboxylic acids is 3. The van der Waals surface area contributed by atoms with Crippen molar-refractivity contribution in [1.82, 2.24) is 10.6 Å². The molecule has 0 heterocycles. The smallest absolute Gasteiger partial charge is 0.255 e. The summed E-state index contributed by atoms with van der Waals surface area (Å²) in [5, 5.41) is 5.33. The first kappa shape index (κ1) is 16.7. The van der Waals surface area contributed by atoms with Crippen molar-refractivity contribution >= 4 is 17.6 Å². The highest BCUT2D eigenvalue weighted by Gasteiger charge is 2.10. The van der Waals surface area contributed by atoms with E-state index in [1.165, 1.54) is 14.0 Å². The summed E-state index contributed by atoms with van der Waals surface area (Å²) in [7, 11) is 1.50. The number of benzene rings is 1. The van der Waals surface area contributed by atoms with Crippen LogP contribution in [0.15, 0.2) is 24.3 Å². The molecule has 2 N–H and O–H groups in total. The summed E-state index contributed by atoms with van der Waals surface area (Å²) in [6.45, 7) is 2.07. The van der Waals surface area contributed by atoms with Gasteiger partial charge in [-0.2, -0.15) is 0 Å². The van der Waals surface area contributed by atoms with Gasteiger partial charge in [-0.25, -0.2) is 0 Å². The van der Waals surface area contributed by atoms with Gasteiger partial charge in [0.25, 0.3) is 5.91 Å². The summed E-state index contributed by atoms with van der Waals surface area (Å²) in [4.78, 5) is 34.0. The van der Waals surface area contributed by atoms with Gasteiger partial charge in [-0.1, -0.05) is 12.1 Å².